The van der Waals surface area contributed by atoms with E-state index in [0.29, 0.717) is 0 Å². The SMILES string of the molecule is CCNC(=S)N1NC2=C(CCCC2)C1c1ccco1. The minimum Gasteiger partial charge on any atom is -0.467 e. The molecule has 3 rings (SSSR count). The molecule has 0 bridgehead atoms. The Kier molecular flexibility index (Phi) is 3.46. The summed E-state index contributed by atoms with van der Waals surface area (Å²) in [6.07, 6.45) is 6.46. The van der Waals surface area contributed by atoms with Gasteiger partial charge >= 0.3 is 0 Å². The summed E-state index contributed by atoms with van der Waals surface area (Å²) in [7, 11) is 0. The van der Waals surface area contributed by atoms with Gasteiger partial charge in [0, 0.05) is 12.2 Å². The average Bonchev–Trinajstić information content (AvgIpc) is 3.05. The molecule has 5 heteroatoms. The first kappa shape index (κ1) is 12.5. The molecule has 0 radical (unpaired) electrons. The number of hydrazine groups is 1. The summed E-state index contributed by atoms with van der Waals surface area (Å²) in [4.78, 5) is 0. The number of hydrogen-bond donors (Lipinski definition) is 2. The largest absolute Gasteiger partial charge is 0.467 e. The summed E-state index contributed by atoms with van der Waals surface area (Å²) in [6.45, 7) is 2.88. The summed E-state index contributed by atoms with van der Waals surface area (Å²) < 4.78 is 5.62. The number of thiocarbonyl (C=S) groups is 1. The molecule has 0 fully saturated rings. The molecule has 2 heterocycles. The first-order chi connectivity index (χ1) is 9.31. The van der Waals surface area contributed by atoms with Gasteiger partial charge < -0.3 is 9.73 Å². The molecule has 0 amide bonds. The summed E-state index contributed by atoms with van der Waals surface area (Å²) >= 11 is 5.47. The highest BCUT2D eigenvalue weighted by atomic mass is 32.1. The van der Waals surface area contributed by atoms with Crippen LogP contribution in [0, 0.1) is 0 Å². The maximum Gasteiger partial charge on any atom is 0.188 e. The van der Waals surface area contributed by atoms with E-state index in [1.807, 2.05) is 17.1 Å². The lowest BCUT2D eigenvalue weighted by Gasteiger charge is -2.27. The maximum atomic E-state index is 5.62. The van der Waals surface area contributed by atoms with Gasteiger partial charge in [0.2, 0.25) is 0 Å². The Morgan fingerprint density at radius 3 is 3.11 bits per heavy atom. The van der Waals surface area contributed by atoms with Crippen LogP contribution in [-0.2, 0) is 0 Å². The number of hydrogen-bond acceptors (Lipinski definition) is 3. The minimum atomic E-state index is 0.108. The predicted molar refractivity (Wildman–Crippen MR) is 78.2 cm³/mol. The van der Waals surface area contributed by atoms with E-state index in [1.54, 1.807) is 6.26 Å². The first-order valence-corrected chi connectivity index (χ1v) is 7.31. The Balaban J connectivity index is 1.92. The lowest BCUT2D eigenvalue weighted by atomic mass is 9.91. The molecule has 2 N–H and O–H groups in total. The molecule has 4 nitrogen and oxygen atoms in total. The van der Waals surface area contributed by atoms with Crippen LogP contribution in [0.1, 0.15) is 44.4 Å². The summed E-state index contributed by atoms with van der Waals surface area (Å²) in [5.41, 5.74) is 6.22. The van der Waals surface area contributed by atoms with Gasteiger partial charge in [-0.3, -0.25) is 5.43 Å². The molecule has 102 valence electrons. The highest BCUT2D eigenvalue weighted by Crippen LogP contribution is 2.41. The average molecular weight is 277 g/mol. The molecule has 0 saturated heterocycles. The Labute approximate surface area is 118 Å². The van der Waals surface area contributed by atoms with Crippen molar-refractivity contribution in [2.24, 2.45) is 0 Å². The highest BCUT2D eigenvalue weighted by Gasteiger charge is 2.37. The minimum absolute atomic E-state index is 0.108. The van der Waals surface area contributed by atoms with Crippen LogP contribution in [-0.4, -0.2) is 16.7 Å². The van der Waals surface area contributed by atoms with Crippen LogP contribution in [0.15, 0.2) is 34.1 Å². The Morgan fingerprint density at radius 1 is 1.53 bits per heavy atom. The second kappa shape index (κ2) is 5.25. The van der Waals surface area contributed by atoms with Crippen molar-refractivity contribution < 1.29 is 4.42 Å². The van der Waals surface area contributed by atoms with Gasteiger partial charge in [-0.15, -0.1) is 0 Å². The van der Waals surface area contributed by atoms with Crippen molar-refractivity contribution in [1.29, 1.82) is 0 Å². The molecule has 0 aromatic carbocycles. The van der Waals surface area contributed by atoms with Crippen molar-refractivity contribution in [3.8, 4) is 0 Å². The molecule has 0 spiro atoms. The van der Waals surface area contributed by atoms with E-state index in [-0.39, 0.29) is 6.04 Å². The van der Waals surface area contributed by atoms with E-state index >= 15 is 0 Å². The zero-order chi connectivity index (χ0) is 13.2. The van der Waals surface area contributed by atoms with E-state index in [4.69, 9.17) is 16.6 Å². The third-order valence-corrected chi connectivity index (χ3v) is 4.05. The van der Waals surface area contributed by atoms with Gasteiger partial charge in [0.25, 0.3) is 0 Å². The summed E-state index contributed by atoms with van der Waals surface area (Å²) in [5.74, 6) is 0.958. The van der Waals surface area contributed by atoms with Crippen molar-refractivity contribution in [2.75, 3.05) is 6.54 Å². The zero-order valence-electron chi connectivity index (χ0n) is 11.1. The zero-order valence-corrected chi connectivity index (χ0v) is 11.9. The number of rotatable bonds is 2. The molecule has 0 saturated carbocycles. The smallest absolute Gasteiger partial charge is 0.188 e. The molecule has 2 aliphatic rings. The molecule has 1 aliphatic carbocycles. The van der Waals surface area contributed by atoms with Crippen LogP contribution in [0.3, 0.4) is 0 Å². The fourth-order valence-corrected chi connectivity index (χ4v) is 3.17. The Hall–Kier alpha value is -1.49. The topological polar surface area (TPSA) is 40.4 Å². The molecule has 1 aromatic heterocycles. The second-order valence-electron chi connectivity index (χ2n) is 4.95. The van der Waals surface area contributed by atoms with Gasteiger partial charge in [-0.1, -0.05) is 0 Å². The molecule has 1 atom stereocenters. The standard InChI is InChI=1S/C14H19N3OS/c1-2-15-14(19)17-13(12-8-5-9-18-12)10-6-3-4-7-11(10)16-17/h5,8-9,13,16H,2-4,6-7H2,1H3,(H,15,19). The van der Waals surface area contributed by atoms with E-state index in [2.05, 4.69) is 17.7 Å². The highest BCUT2D eigenvalue weighted by molar-refractivity contribution is 7.80. The number of nitrogens with zero attached hydrogens (tertiary/aromatic N) is 1. The lowest BCUT2D eigenvalue weighted by Crippen LogP contribution is -2.45. The van der Waals surface area contributed by atoms with Crippen molar-refractivity contribution in [2.45, 2.75) is 38.6 Å². The Bertz CT molecular complexity index is 495. The van der Waals surface area contributed by atoms with Crippen molar-refractivity contribution in [1.82, 2.24) is 15.8 Å². The third kappa shape index (κ3) is 2.23. The van der Waals surface area contributed by atoms with Gasteiger partial charge in [-0.2, -0.15) is 0 Å². The van der Waals surface area contributed by atoms with Crippen LogP contribution in [0.2, 0.25) is 0 Å². The van der Waals surface area contributed by atoms with E-state index in [1.165, 1.54) is 24.1 Å². The van der Waals surface area contributed by atoms with Gasteiger partial charge in [0.15, 0.2) is 5.11 Å². The number of nitrogens with one attached hydrogen (secondary N) is 2. The third-order valence-electron chi connectivity index (χ3n) is 3.71. The van der Waals surface area contributed by atoms with E-state index < -0.39 is 0 Å². The molecule has 1 aromatic rings. The van der Waals surface area contributed by atoms with Crippen molar-refractivity contribution in [3.05, 3.63) is 35.4 Å². The normalized spacial score (nSPS) is 22.2. The van der Waals surface area contributed by atoms with Crippen molar-refractivity contribution in [3.63, 3.8) is 0 Å². The van der Waals surface area contributed by atoms with Gasteiger partial charge in [-0.25, -0.2) is 5.01 Å². The number of furan rings is 1. The van der Waals surface area contributed by atoms with Crippen LogP contribution < -0.4 is 10.7 Å². The molecule has 1 unspecified atom stereocenters. The second-order valence-corrected chi connectivity index (χ2v) is 5.33. The van der Waals surface area contributed by atoms with E-state index in [9.17, 15) is 0 Å². The predicted octanol–water partition coefficient (Wildman–Crippen LogP) is 2.86. The number of allylic oxidation sites excluding steroid dienone is 1. The fourth-order valence-electron chi connectivity index (χ4n) is 2.87. The van der Waals surface area contributed by atoms with Gasteiger partial charge in [0.05, 0.1) is 6.26 Å². The van der Waals surface area contributed by atoms with E-state index in [0.717, 1.165) is 30.3 Å². The lowest BCUT2D eigenvalue weighted by molar-refractivity contribution is 0.282. The molecular formula is C14H19N3OS. The first-order valence-electron chi connectivity index (χ1n) is 6.90. The van der Waals surface area contributed by atoms with Crippen LogP contribution in [0.4, 0.5) is 0 Å². The van der Waals surface area contributed by atoms with Crippen LogP contribution in [0.5, 0.6) is 0 Å². The maximum absolute atomic E-state index is 5.62. The van der Waals surface area contributed by atoms with Gasteiger partial charge in [0.1, 0.15) is 11.8 Å². The molecule has 19 heavy (non-hydrogen) atoms. The monoisotopic (exact) mass is 277 g/mol. The summed E-state index contributed by atoms with van der Waals surface area (Å²) in [5, 5.41) is 5.99. The van der Waals surface area contributed by atoms with Crippen LogP contribution >= 0.6 is 12.2 Å². The quantitative estimate of drug-likeness (QED) is 0.814. The van der Waals surface area contributed by atoms with Gasteiger partial charge in [-0.05, 0) is 62.5 Å². The fraction of sp³-hybridized carbons (Fsp3) is 0.500. The van der Waals surface area contributed by atoms with Crippen LogP contribution in [0.25, 0.3) is 0 Å². The Morgan fingerprint density at radius 2 is 2.37 bits per heavy atom. The molecular weight excluding hydrogens is 258 g/mol. The van der Waals surface area contributed by atoms with Crippen molar-refractivity contribution >= 4 is 17.3 Å². The summed E-state index contributed by atoms with van der Waals surface area (Å²) in [6, 6.07) is 4.07. The molecule has 1 aliphatic heterocycles.